The van der Waals surface area contributed by atoms with Crippen molar-refractivity contribution in [1.82, 2.24) is 0 Å². The summed E-state index contributed by atoms with van der Waals surface area (Å²) in [5.41, 5.74) is 0.131. The second kappa shape index (κ2) is 5.69. The predicted molar refractivity (Wildman–Crippen MR) is 60.4 cm³/mol. The molecule has 0 saturated heterocycles. The number of anilines is 1. The average molecular weight is 240 g/mol. The topological polar surface area (TPSA) is 102 Å². The highest BCUT2D eigenvalue weighted by Crippen LogP contribution is 2.28. The Morgan fingerprint density at radius 2 is 2.29 bits per heavy atom. The van der Waals surface area contributed by atoms with Gasteiger partial charge in [0.15, 0.2) is 0 Å². The summed E-state index contributed by atoms with van der Waals surface area (Å²) in [4.78, 5) is 20.5. The first-order valence-electron chi connectivity index (χ1n) is 4.82. The molecule has 0 unspecified atom stereocenters. The van der Waals surface area contributed by atoms with Crippen LogP contribution < -0.4 is 10.1 Å². The quantitative estimate of drug-likeness (QED) is 0.577. The summed E-state index contributed by atoms with van der Waals surface area (Å²) in [6, 6.07) is 4.24. The van der Waals surface area contributed by atoms with Gasteiger partial charge in [-0.1, -0.05) is 0 Å². The van der Waals surface area contributed by atoms with Gasteiger partial charge in [-0.15, -0.1) is 0 Å². The fraction of sp³-hybridized carbons (Fsp3) is 0.300. The van der Waals surface area contributed by atoms with E-state index in [1.807, 2.05) is 0 Å². The number of hydrogen-bond acceptors (Lipinski definition) is 5. The molecule has 17 heavy (non-hydrogen) atoms. The monoisotopic (exact) mass is 240 g/mol. The van der Waals surface area contributed by atoms with Crippen LogP contribution in [0.5, 0.6) is 5.75 Å². The third-order valence-electron chi connectivity index (χ3n) is 2.05. The van der Waals surface area contributed by atoms with Gasteiger partial charge in [-0.2, -0.15) is 0 Å². The average Bonchev–Trinajstić information content (AvgIpc) is 2.28. The van der Waals surface area contributed by atoms with Crippen molar-refractivity contribution in [2.24, 2.45) is 0 Å². The number of hydrogen-bond donors (Lipinski definition) is 2. The lowest BCUT2D eigenvalue weighted by atomic mass is 10.2. The van der Waals surface area contributed by atoms with Gasteiger partial charge in [-0.25, -0.2) is 0 Å². The van der Waals surface area contributed by atoms with Crippen molar-refractivity contribution >= 4 is 17.3 Å². The Balaban J connectivity index is 2.85. The largest absolute Gasteiger partial charge is 0.497 e. The lowest BCUT2D eigenvalue weighted by Gasteiger charge is -2.07. The van der Waals surface area contributed by atoms with Crippen LogP contribution in [0.25, 0.3) is 0 Å². The summed E-state index contributed by atoms with van der Waals surface area (Å²) in [7, 11) is 1.45. The van der Waals surface area contributed by atoms with Crippen molar-refractivity contribution in [2.75, 3.05) is 19.0 Å². The zero-order chi connectivity index (χ0) is 12.8. The molecule has 0 aliphatic rings. The molecular weight excluding hydrogens is 228 g/mol. The molecule has 0 spiro atoms. The van der Waals surface area contributed by atoms with Crippen LogP contribution in [0.1, 0.15) is 6.42 Å². The Labute approximate surface area is 97.2 Å². The fourth-order valence-electron chi connectivity index (χ4n) is 1.25. The van der Waals surface area contributed by atoms with Gasteiger partial charge in [0, 0.05) is 18.7 Å². The summed E-state index contributed by atoms with van der Waals surface area (Å²) in [6.45, 7) is 0.114. The number of carbonyl (C=O) groups is 1. The number of rotatable bonds is 6. The number of carboxylic acids is 1. The maximum Gasteiger partial charge on any atom is 0.305 e. The summed E-state index contributed by atoms with van der Waals surface area (Å²) in [5.74, 6) is -0.503. The van der Waals surface area contributed by atoms with Crippen molar-refractivity contribution in [2.45, 2.75) is 6.42 Å². The first-order chi connectivity index (χ1) is 8.04. The van der Waals surface area contributed by atoms with Crippen LogP contribution in [0.4, 0.5) is 11.4 Å². The highest BCUT2D eigenvalue weighted by Gasteiger charge is 2.14. The highest BCUT2D eigenvalue weighted by atomic mass is 16.6. The molecule has 1 rings (SSSR count). The van der Waals surface area contributed by atoms with Crippen molar-refractivity contribution in [3.8, 4) is 5.75 Å². The molecule has 1 aromatic carbocycles. The summed E-state index contributed by atoms with van der Waals surface area (Å²) in [6.07, 6.45) is -0.117. The Morgan fingerprint density at radius 3 is 2.82 bits per heavy atom. The van der Waals surface area contributed by atoms with Crippen LogP contribution in [0.3, 0.4) is 0 Å². The predicted octanol–water partition coefficient (Wildman–Crippen LogP) is 1.49. The lowest BCUT2D eigenvalue weighted by Crippen LogP contribution is -2.09. The van der Waals surface area contributed by atoms with E-state index in [0.717, 1.165) is 0 Å². The van der Waals surface area contributed by atoms with E-state index in [0.29, 0.717) is 5.75 Å². The molecule has 0 saturated carbocycles. The minimum absolute atomic E-state index is 0.114. The van der Waals surface area contributed by atoms with E-state index in [9.17, 15) is 14.9 Å². The molecule has 2 N–H and O–H groups in total. The van der Waals surface area contributed by atoms with Gasteiger partial charge in [0.25, 0.3) is 5.69 Å². The van der Waals surface area contributed by atoms with Gasteiger partial charge < -0.3 is 15.2 Å². The minimum atomic E-state index is -0.969. The second-order valence-electron chi connectivity index (χ2n) is 3.21. The van der Waals surface area contributed by atoms with E-state index in [1.54, 1.807) is 0 Å². The highest BCUT2D eigenvalue weighted by molar-refractivity contribution is 5.69. The fourth-order valence-corrected chi connectivity index (χ4v) is 1.25. The van der Waals surface area contributed by atoms with Crippen LogP contribution in [0, 0.1) is 10.1 Å². The number of benzene rings is 1. The molecule has 0 heterocycles. The Morgan fingerprint density at radius 1 is 1.59 bits per heavy atom. The second-order valence-corrected chi connectivity index (χ2v) is 3.21. The zero-order valence-corrected chi connectivity index (χ0v) is 9.17. The normalized spacial score (nSPS) is 9.71. The van der Waals surface area contributed by atoms with Crippen LogP contribution in [-0.2, 0) is 4.79 Å². The molecule has 1 aromatic rings. The number of aliphatic carboxylic acids is 1. The van der Waals surface area contributed by atoms with E-state index < -0.39 is 10.9 Å². The smallest absolute Gasteiger partial charge is 0.305 e. The number of ether oxygens (including phenoxy) is 1. The van der Waals surface area contributed by atoms with Crippen molar-refractivity contribution in [1.29, 1.82) is 0 Å². The Hall–Kier alpha value is -2.31. The van der Waals surface area contributed by atoms with E-state index in [2.05, 4.69) is 5.32 Å². The summed E-state index contributed by atoms with van der Waals surface area (Å²) < 4.78 is 4.94. The standard InChI is InChI=1S/C10H12N2O5/c1-17-7-2-3-9(12(15)16)8(6-7)11-5-4-10(13)14/h2-3,6,11H,4-5H2,1H3,(H,13,14). The van der Waals surface area contributed by atoms with E-state index in [1.165, 1.54) is 25.3 Å². The first kappa shape index (κ1) is 12.8. The molecule has 0 bridgehead atoms. The van der Waals surface area contributed by atoms with Crippen LogP contribution in [0.2, 0.25) is 0 Å². The SMILES string of the molecule is COc1ccc([N+](=O)[O-])c(NCCC(=O)O)c1. The number of nitrogens with one attached hydrogen (secondary N) is 1. The van der Waals surface area contributed by atoms with Gasteiger partial charge in [-0.3, -0.25) is 14.9 Å². The zero-order valence-electron chi connectivity index (χ0n) is 9.17. The maximum absolute atomic E-state index is 10.7. The number of nitrogens with zero attached hydrogens (tertiary/aromatic N) is 1. The van der Waals surface area contributed by atoms with Gasteiger partial charge in [0.05, 0.1) is 18.5 Å². The Kier molecular flexibility index (Phi) is 4.27. The van der Waals surface area contributed by atoms with Crippen molar-refractivity contribution in [3.63, 3.8) is 0 Å². The lowest BCUT2D eigenvalue weighted by molar-refractivity contribution is -0.384. The molecule has 0 aliphatic heterocycles. The van der Waals surface area contributed by atoms with Gasteiger partial charge in [0.2, 0.25) is 0 Å². The summed E-state index contributed by atoms with van der Waals surface area (Å²) in [5, 5.41) is 21.9. The minimum Gasteiger partial charge on any atom is -0.497 e. The van der Waals surface area contributed by atoms with Crippen LogP contribution >= 0.6 is 0 Å². The molecule has 0 aliphatic carbocycles. The first-order valence-corrected chi connectivity index (χ1v) is 4.82. The number of nitro groups is 1. The molecule has 92 valence electrons. The molecule has 7 nitrogen and oxygen atoms in total. The molecule has 7 heteroatoms. The Bertz CT molecular complexity index is 433. The van der Waals surface area contributed by atoms with Crippen LogP contribution in [0.15, 0.2) is 18.2 Å². The molecular formula is C10H12N2O5. The third-order valence-corrected chi connectivity index (χ3v) is 2.05. The maximum atomic E-state index is 10.7. The number of carboxylic acid groups (broad SMARTS) is 1. The van der Waals surface area contributed by atoms with Crippen molar-refractivity contribution < 1.29 is 19.6 Å². The molecule has 0 amide bonds. The number of nitro benzene ring substituents is 1. The van der Waals surface area contributed by atoms with E-state index in [-0.39, 0.29) is 24.3 Å². The van der Waals surface area contributed by atoms with Crippen LogP contribution in [-0.4, -0.2) is 29.7 Å². The molecule has 0 fully saturated rings. The number of methoxy groups -OCH3 is 1. The molecule has 0 atom stereocenters. The van der Waals surface area contributed by atoms with E-state index >= 15 is 0 Å². The van der Waals surface area contributed by atoms with E-state index in [4.69, 9.17) is 9.84 Å². The summed E-state index contributed by atoms with van der Waals surface area (Å²) >= 11 is 0. The van der Waals surface area contributed by atoms with Gasteiger partial charge in [-0.05, 0) is 6.07 Å². The molecule has 0 aromatic heterocycles. The molecule has 0 radical (unpaired) electrons. The van der Waals surface area contributed by atoms with Gasteiger partial charge >= 0.3 is 5.97 Å². The third kappa shape index (κ3) is 3.63. The van der Waals surface area contributed by atoms with Crippen molar-refractivity contribution in [3.05, 3.63) is 28.3 Å². The van der Waals surface area contributed by atoms with Gasteiger partial charge in [0.1, 0.15) is 11.4 Å².